The van der Waals surface area contributed by atoms with Gasteiger partial charge in [0.05, 0.1) is 0 Å². The number of aromatic nitrogens is 1. The van der Waals surface area contributed by atoms with Gasteiger partial charge in [-0.05, 0) is 25.7 Å². The number of halogens is 3. The van der Waals surface area contributed by atoms with E-state index >= 15 is 0 Å². The highest BCUT2D eigenvalue weighted by atomic mass is 19.4. The minimum absolute atomic E-state index is 0.0591. The van der Waals surface area contributed by atoms with Gasteiger partial charge >= 0.3 is 6.18 Å². The van der Waals surface area contributed by atoms with Gasteiger partial charge in [0, 0.05) is 17.8 Å². The van der Waals surface area contributed by atoms with Gasteiger partial charge in [-0.1, -0.05) is 0 Å². The van der Waals surface area contributed by atoms with E-state index < -0.39 is 12.3 Å². The SMILES string of the molecule is C[C@H](Oc1cc(C#N)ncc1C1CC1)C(F)(F)F. The number of nitriles is 1. The van der Waals surface area contributed by atoms with E-state index in [0.717, 1.165) is 19.8 Å². The molecule has 1 aromatic rings. The van der Waals surface area contributed by atoms with Gasteiger partial charge in [-0.15, -0.1) is 0 Å². The Hall–Kier alpha value is -1.77. The Kier molecular flexibility index (Phi) is 3.16. The molecule has 0 spiro atoms. The van der Waals surface area contributed by atoms with Crippen LogP contribution in [-0.2, 0) is 0 Å². The molecule has 0 aliphatic heterocycles. The largest absolute Gasteiger partial charge is 0.481 e. The van der Waals surface area contributed by atoms with Gasteiger partial charge in [-0.2, -0.15) is 18.4 Å². The van der Waals surface area contributed by atoms with E-state index in [2.05, 4.69) is 4.98 Å². The Labute approximate surface area is 102 Å². The molecule has 0 N–H and O–H groups in total. The smallest absolute Gasteiger partial charge is 0.425 e. The van der Waals surface area contributed by atoms with Crippen LogP contribution in [0.15, 0.2) is 12.3 Å². The molecule has 0 aromatic carbocycles. The molecule has 1 fully saturated rings. The van der Waals surface area contributed by atoms with Gasteiger partial charge in [0.25, 0.3) is 0 Å². The molecule has 2 rings (SSSR count). The fourth-order valence-electron chi connectivity index (χ4n) is 1.57. The van der Waals surface area contributed by atoms with Crippen LogP contribution in [0.4, 0.5) is 13.2 Å². The van der Waals surface area contributed by atoms with Crippen LogP contribution in [0.2, 0.25) is 0 Å². The maximum absolute atomic E-state index is 12.5. The summed E-state index contributed by atoms with van der Waals surface area (Å²) in [5.41, 5.74) is 0.717. The standard InChI is InChI=1S/C12H11F3N2O/c1-7(12(13,14)15)18-11-4-9(5-16)17-6-10(11)8-2-3-8/h4,6-8H,2-3H2,1H3/t7-/m0/s1. The van der Waals surface area contributed by atoms with Crippen LogP contribution in [-0.4, -0.2) is 17.3 Å². The molecule has 0 saturated heterocycles. The quantitative estimate of drug-likeness (QED) is 0.834. The Balaban J connectivity index is 2.27. The van der Waals surface area contributed by atoms with Gasteiger partial charge in [0.1, 0.15) is 17.5 Å². The molecule has 1 aliphatic carbocycles. The second kappa shape index (κ2) is 4.48. The van der Waals surface area contributed by atoms with Crippen molar-refractivity contribution in [2.75, 3.05) is 0 Å². The third kappa shape index (κ3) is 2.73. The lowest BCUT2D eigenvalue weighted by Gasteiger charge is -2.19. The van der Waals surface area contributed by atoms with Gasteiger partial charge in [0.2, 0.25) is 0 Å². The molecule has 0 radical (unpaired) electrons. The van der Waals surface area contributed by atoms with E-state index in [-0.39, 0.29) is 17.4 Å². The number of hydrogen-bond acceptors (Lipinski definition) is 3. The van der Waals surface area contributed by atoms with Crippen molar-refractivity contribution in [2.24, 2.45) is 0 Å². The van der Waals surface area contributed by atoms with Crippen LogP contribution < -0.4 is 4.74 Å². The Bertz CT molecular complexity index is 489. The zero-order valence-electron chi connectivity index (χ0n) is 9.66. The number of pyridine rings is 1. The fourth-order valence-corrected chi connectivity index (χ4v) is 1.57. The molecular formula is C12H11F3N2O. The van der Waals surface area contributed by atoms with Crippen molar-refractivity contribution >= 4 is 0 Å². The summed E-state index contributed by atoms with van der Waals surface area (Å²) in [6, 6.07) is 3.07. The zero-order valence-corrected chi connectivity index (χ0v) is 9.66. The molecule has 6 heteroatoms. The summed E-state index contributed by atoms with van der Waals surface area (Å²) in [5.74, 6) is 0.328. The van der Waals surface area contributed by atoms with Crippen molar-refractivity contribution in [3.8, 4) is 11.8 Å². The van der Waals surface area contributed by atoms with Crippen molar-refractivity contribution in [3.05, 3.63) is 23.5 Å². The zero-order chi connectivity index (χ0) is 13.3. The number of alkyl halides is 3. The Morgan fingerprint density at radius 2 is 2.17 bits per heavy atom. The van der Waals surface area contributed by atoms with Gasteiger partial charge in [-0.3, -0.25) is 0 Å². The van der Waals surface area contributed by atoms with E-state index in [1.165, 1.54) is 12.3 Å². The van der Waals surface area contributed by atoms with Gasteiger partial charge in [0.15, 0.2) is 6.10 Å². The van der Waals surface area contributed by atoms with Crippen LogP contribution in [0.1, 0.15) is 36.9 Å². The number of hydrogen-bond donors (Lipinski definition) is 0. The summed E-state index contributed by atoms with van der Waals surface area (Å²) >= 11 is 0. The third-order valence-electron chi connectivity index (χ3n) is 2.79. The topological polar surface area (TPSA) is 45.9 Å². The molecule has 1 heterocycles. The predicted molar refractivity (Wildman–Crippen MR) is 57.1 cm³/mol. The van der Waals surface area contributed by atoms with Crippen molar-refractivity contribution in [1.82, 2.24) is 4.98 Å². The predicted octanol–water partition coefficient (Wildman–Crippen LogP) is 3.16. The van der Waals surface area contributed by atoms with Crippen LogP contribution in [0.5, 0.6) is 5.75 Å². The van der Waals surface area contributed by atoms with Crippen LogP contribution in [0, 0.1) is 11.3 Å². The average molecular weight is 256 g/mol. The Morgan fingerprint density at radius 3 is 2.67 bits per heavy atom. The van der Waals surface area contributed by atoms with Crippen molar-refractivity contribution in [3.63, 3.8) is 0 Å². The molecule has 1 atom stereocenters. The summed E-state index contributed by atoms with van der Waals surface area (Å²) in [6.07, 6.45) is -3.04. The summed E-state index contributed by atoms with van der Waals surface area (Å²) < 4.78 is 42.3. The van der Waals surface area contributed by atoms with Crippen molar-refractivity contribution in [1.29, 1.82) is 5.26 Å². The highest BCUT2D eigenvalue weighted by molar-refractivity contribution is 5.41. The van der Waals surface area contributed by atoms with Gasteiger partial charge < -0.3 is 4.74 Å². The molecule has 1 saturated carbocycles. The van der Waals surface area contributed by atoms with E-state index in [0.29, 0.717) is 5.56 Å². The lowest BCUT2D eigenvalue weighted by atomic mass is 10.1. The fraction of sp³-hybridized carbons (Fsp3) is 0.500. The van der Waals surface area contributed by atoms with Crippen LogP contribution in [0.3, 0.4) is 0 Å². The second-order valence-corrected chi connectivity index (χ2v) is 4.30. The first-order valence-corrected chi connectivity index (χ1v) is 5.55. The number of nitrogens with zero attached hydrogens (tertiary/aromatic N) is 2. The normalized spacial score (nSPS) is 17.1. The highest BCUT2D eigenvalue weighted by Gasteiger charge is 2.39. The van der Waals surface area contributed by atoms with Crippen LogP contribution >= 0.6 is 0 Å². The van der Waals surface area contributed by atoms with E-state index in [1.54, 1.807) is 6.07 Å². The second-order valence-electron chi connectivity index (χ2n) is 4.30. The molecule has 18 heavy (non-hydrogen) atoms. The first-order chi connectivity index (χ1) is 8.41. The van der Waals surface area contributed by atoms with Crippen LogP contribution in [0.25, 0.3) is 0 Å². The van der Waals surface area contributed by atoms with E-state index in [9.17, 15) is 13.2 Å². The maximum atomic E-state index is 12.5. The summed E-state index contributed by atoms with van der Waals surface area (Å²) in [6.45, 7) is 0.948. The van der Waals surface area contributed by atoms with E-state index in [4.69, 9.17) is 10.00 Å². The summed E-state index contributed by atoms with van der Waals surface area (Å²) in [5, 5.41) is 8.71. The van der Waals surface area contributed by atoms with Crippen molar-refractivity contribution < 1.29 is 17.9 Å². The molecule has 1 aromatic heterocycles. The maximum Gasteiger partial charge on any atom is 0.425 e. The average Bonchev–Trinajstić information content (AvgIpc) is 3.11. The Morgan fingerprint density at radius 1 is 1.50 bits per heavy atom. The van der Waals surface area contributed by atoms with Gasteiger partial charge in [-0.25, -0.2) is 4.98 Å². The number of ether oxygens (including phenoxy) is 1. The third-order valence-corrected chi connectivity index (χ3v) is 2.79. The molecule has 0 amide bonds. The lowest BCUT2D eigenvalue weighted by molar-refractivity contribution is -0.189. The number of rotatable bonds is 3. The molecule has 0 bridgehead atoms. The van der Waals surface area contributed by atoms with E-state index in [1.807, 2.05) is 0 Å². The van der Waals surface area contributed by atoms with Crippen molar-refractivity contribution in [2.45, 2.75) is 38.0 Å². The molecule has 1 aliphatic rings. The summed E-state index contributed by atoms with van der Waals surface area (Å²) in [7, 11) is 0. The molecule has 3 nitrogen and oxygen atoms in total. The molecular weight excluding hydrogens is 245 g/mol. The minimum atomic E-state index is -4.42. The molecule has 96 valence electrons. The molecule has 0 unspecified atom stereocenters. The lowest BCUT2D eigenvalue weighted by Crippen LogP contribution is -2.31. The first-order valence-electron chi connectivity index (χ1n) is 5.55. The highest BCUT2D eigenvalue weighted by Crippen LogP contribution is 2.44. The first kappa shape index (κ1) is 12.7. The summed E-state index contributed by atoms with van der Waals surface area (Å²) in [4.78, 5) is 3.87. The minimum Gasteiger partial charge on any atom is -0.481 e. The monoisotopic (exact) mass is 256 g/mol.